The molecule has 0 saturated carbocycles. The number of aryl methyl sites for hydroxylation is 2. The lowest BCUT2D eigenvalue weighted by Crippen LogP contribution is -2.45. The maximum atomic E-state index is 12.5. The second-order valence-corrected chi connectivity index (χ2v) is 6.05. The van der Waals surface area contributed by atoms with E-state index in [2.05, 4.69) is 20.4 Å². The van der Waals surface area contributed by atoms with Gasteiger partial charge in [-0.3, -0.25) is 9.48 Å². The first-order chi connectivity index (χ1) is 12.1. The maximum Gasteiger partial charge on any atom is 0.253 e. The number of fused-ring (bicyclic) bond motifs is 1. The summed E-state index contributed by atoms with van der Waals surface area (Å²) in [7, 11) is 3.68. The molecule has 0 aromatic carbocycles. The van der Waals surface area contributed by atoms with Crippen molar-refractivity contribution in [2.75, 3.05) is 13.2 Å². The van der Waals surface area contributed by atoms with E-state index < -0.39 is 0 Å². The van der Waals surface area contributed by atoms with Gasteiger partial charge in [-0.15, -0.1) is 0 Å². The Labute approximate surface area is 143 Å². The van der Waals surface area contributed by atoms with E-state index in [-0.39, 0.29) is 18.1 Å². The van der Waals surface area contributed by atoms with Gasteiger partial charge in [0.2, 0.25) is 0 Å². The first kappa shape index (κ1) is 15.6. The van der Waals surface area contributed by atoms with E-state index in [4.69, 9.17) is 9.47 Å². The Morgan fingerprint density at radius 3 is 3.00 bits per heavy atom. The minimum absolute atomic E-state index is 0.227. The third-order valence-corrected chi connectivity index (χ3v) is 4.13. The van der Waals surface area contributed by atoms with Gasteiger partial charge in [0.05, 0.1) is 43.5 Å². The van der Waals surface area contributed by atoms with E-state index in [0.29, 0.717) is 30.0 Å². The van der Waals surface area contributed by atoms with Gasteiger partial charge in [-0.2, -0.15) is 5.10 Å². The number of amides is 1. The lowest BCUT2D eigenvalue weighted by molar-refractivity contribution is 0.0904. The highest BCUT2D eigenvalue weighted by atomic mass is 16.5. The lowest BCUT2D eigenvalue weighted by atomic mass is 10.2. The van der Waals surface area contributed by atoms with Crippen LogP contribution in [-0.2, 0) is 18.8 Å². The summed E-state index contributed by atoms with van der Waals surface area (Å²) in [4.78, 5) is 21.1. The fraction of sp³-hybridized carbons (Fsp3) is 0.375. The molecule has 0 unspecified atom stereocenters. The molecular formula is C16H18N6O3. The topological polar surface area (TPSA) is 96.1 Å². The summed E-state index contributed by atoms with van der Waals surface area (Å²) in [6, 6.07) is 1.48. The Balaban J connectivity index is 1.46. The summed E-state index contributed by atoms with van der Waals surface area (Å²) in [6.07, 6.45) is 6.36. The van der Waals surface area contributed by atoms with E-state index >= 15 is 0 Å². The van der Waals surface area contributed by atoms with Crippen LogP contribution >= 0.6 is 0 Å². The molecule has 1 fully saturated rings. The molecule has 4 rings (SSSR count). The molecule has 130 valence electrons. The molecule has 4 heterocycles. The summed E-state index contributed by atoms with van der Waals surface area (Å²) in [5.41, 5.74) is 1.87. The van der Waals surface area contributed by atoms with E-state index in [1.807, 2.05) is 14.1 Å². The molecule has 0 spiro atoms. The first-order valence-electron chi connectivity index (χ1n) is 7.91. The molecule has 2 atom stereocenters. The molecule has 0 bridgehead atoms. The van der Waals surface area contributed by atoms with Crippen LogP contribution < -0.4 is 10.1 Å². The minimum Gasteiger partial charge on any atom is -0.482 e. The van der Waals surface area contributed by atoms with Crippen LogP contribution in [0.25, 0.3) is 11.2 Å². The highest BCUT2D eigenvalue weighted by molar-refractivity contribution is 5.96. The quantitative estimate of drug-likeness (QED) is 0.731. The number of hydrogen-bond acceptors (Lipinski definition) is 6. The van der Waals surface area contributed by atoms with Gasteiger partial charge in [0, 0.05) is 20.3 Å². The highest BCUT2D eigenvalue weighted by Gasteiger charge is 2.32. The summed E-state index contributed by atoms with van der Waals surface area (Å²) in [5, 5.41) is 7.02. The molecule has 0 aliphatic carbocycles. The average molecular weight is 342 g/mol. The second kappa shape index (κ2) is 6.17. The number of carbonyl (C=O) groups is 1. The first-order valence-corrected chi connectivity index (χ1v) is 7.91. The summed E-state index contributed by atoms with van der Waals surface area (Å²) in [6.45, 7) is 0.813. The number of rotatable bonds is 4. The molecule has 1 N–H and O–H groups in total. The standard InChI is InChI=1S/C16H18N6O3/c1-21-9-18-12-3-10(4-17-15(12)21)16(23)20-13-7-24-8-14(13)25-11-5-19-22(2)6-11/h3-6,9,13-14H,7-8H2,1-2H3,(H,20,23)/t13-,14+/m0/s1. The monoisotopic (exact) mass is 342 g/mol. The van der Waals surface area contributed by atoms with E-state index in [1.54, 1.807) is 40.2 Å². The number of nitrogens with one attached hydrogen (secondary N) is 1. The fourth-order valence-corrected chi connectivity index (χ4v) is 2.81. The van der Waals surface area contributed by atoms with Crippen molar-refractivity contribution in [2.45, 2.75) is 12.1 Å². The average Bonchev–Trinajstić information content (AvgIpc) is 3.30. The van der Waals surface area contributed by atoms with Crippen molar-refractivity contribution < 1.29 is 14.3 Å². The van der Waals surface area contributed by atoms with E-state index in [0.717, 1.165) is 5.65 Å². The van der Waals surface area contributed by atoms with Gasteiger partial charge < -0.3 is 19.4 Å². The largest absolute Gasteiger partial charge is 0.482 e. The van der Waals surface area contributed by atoms with E-state index in [1.165, 1.54) is 0 Å². The molecule has 3 aromatic heterocycles. The Hall–Kier alpha value is -2.94. The van der Waals surface area contributed by atoms with Crippen molar-refractivity contribution in [2.24, 2.45) is 14.1 Å². The maximum absolute atomic E-state index is 12.5. The number of ether oxygens (including phenoxy) is 2. The van der Waals surface area contributed by atoms with Crippen LogP contribution in [0.1, 0.15) is 10.4 Å². The van der Waals surface area contributed by atoms with Crippen LogP contribution in [0.15, 0.2) is 31.0 Å². The van der Waals surface area contributed by atoms with Crippen molar-refractivity contribution in [1.29, 1.82) is 0 Å². The number of aromatic nitrogens is 5. The predicted octanol–water partition coefficient (Wildman–Crippen LogP) is 0.278. The van der Waals surface area contributed by atoms with Crippen molar-refractivity contribution in [1.82, 2.24) is 29.6 Å². The molecule has 0 radical (unpaired) electrons. The molecule has 1 aliphatic rings. The van der Waals surface area contributed by atoms with Crippen LogP contribution in [-0.4, -0.2) is 55.6 Å². The van der Waals surface area contributed by atoms with Crippen LogP contribution in [0.2, 0.25) is 0 Å². The second-order valence-electron chi connectivity index (χ2n) is 6.05. The van der Waals surface area contributed by atoms with Gasteiger partial charge in [0.15, 0.2) is 11.4 Å². The SMILES string of the molecule is Cn1cc(O[C@@H]2COC[C@@H]2NC(=O)c2cnc3c(c2)ncn3C)cn1. The number of nitrogens with zero attached hydrogens (tertiary/aromatic N) is 5. The predicted molar refractivity (Wildman–Crippen MR) is 88.2 cm³/mol. The van der Waals surface area contributed by atoms with E-state index in [9.17, 15) is 4.79 Å². The van der Waals surface area contributed by atoms with Crippen molar-refractivity contribution in [3.63, 3.8) is 0 Å². The number of pyridine rings is 1. The Morgan fingerprint density at radius 2 is 2.20 bits per heavy atom. The van der Waals surface area contributed by atoms with Gasteiger partial charge in [-0.1, -0.05) is 0 Å². The summed E-state index contributed by atoms with van der Waals surface area (Å²) in [5.74, 6) is 0.421. The minimum atomic E-state index is -0.264. The van der Waals surface area contributed by atoms with Crippen molar-refractivity contribution in [3.8, 4) is 5.75 Å². The van der Waals surface area contributed by atoms with Crippen LogP contribution in [0.3, 0.4) is 0 Å². The molecule has 1 saturated heterocycles. The zero-order valence-corrected chi connectivity index (χ0v) is 13.9. The third kappa shape index (κ3) is 3.05. The lowest BCUT2D eigenvalue weighted by Gasteiger charge is -2.19. The van der Waals surface area contributed by atoms with Crippen LogP contribution in [0.5, 0.6) is 5.75 Å². The molecule has 1 amide bonds. The van der Waals surface area contributed by atoms with Gasteiger partial charge in [-0.05, 0) is 6.07 Å². The summed E-state index contributed by atoms with van der Waals surface area (Å²) >= 11 is 0. The smallest absolute Gasteiger partial charge is 0.253 e. The molecule has 3 aromatic rings. The summed E-state index contributed by atoms with van der Waals surface area (Å²) < 4.78 is 14.8. The Morgan fingerprint density at radius 1 is 1.32 bits per heavy atom. The molecular weight excluding hydrogens is 324 g/mol. The zero-order valence-electron chi connectivity index (χ0n) is 13.9. The van der Waals surface area contributed by atoms with Gasteiger partial charge in [0.25, 0.3) is 5.91 Å². The Kier molecular flexibility index (Phi) is 3.85. The molecule has 9 nitrogen and oxygen atoms in total. The van der Waals surface area contributed by atoms with Gasteiger partial charge in [-0.25, -0.2) is 9.97 Å². The molecule has 9 heteroatoms. The highest BCUT2D eigenvalue weighted by Crippen LogP contribution is 2.17. The zero-order chi connectivity index (χ0) is 17.4. The van der Waals surface area contributed by atoms with Crippen molar-refractivity contribution >= 4 is 17.1 Å². The number of imidazole rings is 1. The third-order valence-electron chi connectivity index (χ3n) is 4.13. The van der Waals surface area contributed by atoms with Crippen LogP contribution in [0.4, 0.5) is 0 Å². The van der Waals surface area contributed by atoms with Crippen molar-refractivity contribution in [3.05, 3.63) is 36.5 Å². The van der Waals surface area contributed by atoms with Gasteiger partial charge >= 0.3 is 0 Å². The molecule has 25 heavy (non-hydrogen) atoms. The van der Waals surface area contributed by atoms with Gasteiger partial charge in [0.1, 0.15) is 11.6 Å². The Bertz CT molecular complexity index is 918. The normalized spacial score (nSPS) is 20.1. The molecule has 1 aliphatic heterocycles. The number of carbonyl (C=O) groups excluding carboxylic acids is 1. The van der Waals surface area contributed by atoms with Crippen LogP contribution in [0, 0.1) is 0 Å². The fourth-order valence-electron chi connectivity index (χ4n) is 2.81. The number of hydrogen-bond donors (Lipinski definition) is 1.